The van der Waals surface area contributed by atoms with Crippen LogP contribution in [0.2, 0.25) is 0 Å². The van der Waals surface area contributed by atoms with E-state index in [1.807, 2.05) is 0 Å². The van der Waals surface area contributed by atoms with Crippen molar-refractivity contribution >= 4 is 6.29 Å². The van der Waals surface area contributed by atoms with Gasteiger partial charge in [-0.05, 0) is 32.0 Å². The number of carbonyl (C=O) groups excluding carboxylic acids is 1. The number of nitrogens with zero attached hydrogens (tertiary/aromatic N) is 1. The van der Waals surface area contributed by atoms with Crippen LogP contribution in [0.4, 0.5) is 8.78 Å². The van der Waals surface area contributed by atoms with E-state index in [0.717, 1.165) is 38.3 Å². The molecule has 0 bridgehead atoms. The largest absolute Gasteiger partial charge is 0.303 e. The summed E-state index contributed by atoms with van der Waals surface area (Å²) in [5.74, 6) is -0.905. The van der Waals surface area contributed by atoms with Crippen molar-refractivity contribution in [2.75, 3.05) is 13.1 Å². The first-order valence-corrected chi connectivity index (χ1v) is 5.80. The zero-order valence-corrected chi connectivity index (χ0v) is 9.53. The minimum Gasteiger partial charge on any atom is -0.303 e. The molecule has 92 valence electrons. The molecule has 1 aliphatic heterocycles. The Morgan fingerprint density at radius 3 is 2.59 bits per heavy atom. The minimum atomic E-state index is -0.550. The van der Waals surface area contributed by atoms with E-state index in [1.54, 1.807) is 0 Å². The van der Waals surface area contributed by atoms with Crippen molar-refractivity contribution in [3.63, 3.8) is 0 Å². The highest BCUT2D eigenvalue weighted by molar-refractivity contribution is 5.53. The van der Waals surface area contributed by atoms with Crippen molar-refractivity contribution in [2.24, 2.45) is 5.92 Å². The molecule has 0 radical (unpaired) electrons. The molecule has 0 atom stereocenters. The molecule has 0 aromatic heterocycles. The lowest BCUT2D eigenvalue weighted by Crippen LogP contribution is -2.33. The molecule has 1 aliphatic rings. The summed E-state index contributed by atoms with van der Waals surface area (Å²) in [7, 11) is 0. The van der Waals surface area contributed by atoms with Crippen LogP contribution in [0.25, 0.3) is 0 Å². The fourth-order valence-electron chi connectivity index (χ4n) is 2.14. The van der Waals surface area contributed by atoms with E-state index in [4.69, 9.17) is 0 Å². The molecular weight excluding hydrogens is 224 g/mol. The van der Waals surface area contributed by atoms with Gasteiger partial charge in [0.05, 0.1) is 0 Å². The predicted molar refractivity (Wildman–Crippen MR) is 60.4 cm³/mol. The number of benzene rings is 1. The number of likely N-dealkylation sites (tertiary alicyclic amines) is 1. The minimum absolute atomic E-state index is 0.143. The van der Waals surface area contributed by atoms with Crippen LogP contribution in [0.15, 0.2) is 18.2 Å². The second kappa shape index (κ2) is 5.36. The Hall–Kier alpha value is -1.29. The summed E-state index contributed by atoms with van der Waals surface area (Å²) < 4.78 is 26.2. The number of piperidine rings is 1. The highest BCUT2D eigenvalue weighted by Gasteiger charge is 2.19. The average molecular weight is 239 g/mol. The zero-order chi connectivity index (χ0) is 12.3. The van der Waals surface area contributed by atoms with Crippen LogP contribution in [0.5, 0.6) is 0 Å². The highest BCUT2D eigenvalue weighted by atomic mass is 19.1. The summed E-state index contributed by atoms with van der Waals surface area (Å²) in [4.78, 5) is 12.7. The van der Waals surface area contributed by atoms with Crippen LogP contribution in [0.1, 0.15) is 18.4 Å². The standard InChI is InChI=1S/C13H15F2NO/c14-12-2-1-11(13(15)7-12)8-16-5-3-10(9-17)4-6-16/h1-2,7,9-10H,3-6,8H2. The van der Waals surface area contributed by atoms with Crippen molar-refractivity contribution in [2.45, 2.75) is 19.4 Å². The van der Waals surface area contributed by atoms with Crippen molar-refractivity contribution in [3.05, 3.63) is 35.4 Å². The lowest BCUT2D eigenvalue weighted by Gasteiger charge is -2.29. The van der Waals surface area contributed by atoms with Gasteiger partial charge in [-0.2, -0.15) is 0 Å². The molecule has 1 heterocycles. The van der Waals surface area contributed by atoms with Crippen molar-refractivity contribution in [1.29, 1.82) is 0 Å². The van der Waals surface area contributed by atoms with Crippen LogP contribution in [0.3, 0.4) is 0 Å². The Labute approximate surface area is 99.2 Å². The van der Waals surface area contributed by atoms with E-state index in [9.17, 15) is 13.6 Å². The third kappa shape index (κ3) is 3.09. The molecule has 0 saturated carbocycles. The van der Waals surface area contributed by atoms with Gasteiger partial charge in [-0.3, -0.25) is 4.90 Å². The van der Waals surface area contributed by atoms with Crippen LogP contribution in [-0.4, -0.2) is 24.3 Å². The van der Waals surface area contributed by atoms with Gasteiger partial charge in [-0.25, -0.2) is 8.78 Å². The van der Waals surface area contributed by atoms with E-state index in [1.165, 1.54) is 12.1 Å². The number of aldehydes is 1. The monoisotopic (exact) mass is 239 g/mol. The Bertz CT molecular complexity index is 400. The number of rotatable bonds is 3. The van der Waals surface area contributed by atoms with Gasteiger partial charge < -0.3 is 4.79 Å². The first-order valence-electron chi connectivity index (χ1n) is 5.80. The summed E-state index contributed by atoms with van der Waals surface area (Å²) >= 11 is 0. The Morgan fingerprint density at radius 2 is 2.00 bits per heavy atom. The van der Waals surface area contributed by atoms with Crippen LogP contribution >= 0.6 is 0 Å². The van der Waals surface area contributed by atoms with Crippen molar-refractivity contribution < 1.29 is 13.6 Å². The summed E-state index contributed by atoms with van der Waals surface area (Å²) in [6, 6.07) is 3.67. The van der Waals surface area contributed by atoms with Gasteiger partial charge in [0, 0.05) is 24.1 Å². The zero-order valence-electron chi connectivity index (χ0n) is 9.53. The molecule has 1 saturated heterocycles. The SMILES string of the molecule is O=CC1CCN(Cc2ccc(F)cc2F)CC1. The van der Waals surface area contributed by atoms with Gasteiger partial charge in [0.15, 0.2) is 0 Å². The number of carbonyl (C=O) groups is 1. The predicted octanol–water partition coefficient (Wildman–Crippen LogP) is 2.38. The number of halogens is 2. The molecule has 1 aromatic carbocycles. The fourth-order valence-corrected chi connectivity index (χ4v) is 2.14. The summed E-state index contributed by atoms with van der Waals surface area (Å²) in [6.07, 6.45) is 2.65. The third-order valence-electron chi connectivity index (χ3n) is 3.23. The first kappa shape index (κ1) is 12.2. The highest BCUT2D eigenvalue weighted by Crippen LogP contribution is 2.18. The molecule has 0 N–H and O–H groups in total. The van der Waals surface area contributed by atoms with E-state index < -0.39 is 11.6 Å². The molecular formula is C13H15F2NO. The van der Waals surface area contributed by atoms with Gasteiger partial charge in [0.2, 0.25) is 0 Å². The molecule has 0 aliphatic carbocycles. The molecule has 2 nitrogen and oxygen atoms in total. The molecule has 0 spiro atoms. The van der Waals surface area contributed by atoms with E-state index in [2.05, 4.69) is 4.90 Å². The summed E-state index contributed by atoms with van der Waals surface area (Å²) in [5, 5.41) is 0. The molecule has 1 aromatic rings. The van der Waals surface area contributed by atoms with Gasteiger partial charge in [-0.1, -0.05) is 6.07 Å². The maximum absolute atomic E-state index is 13.4. The van der Waals surface area contributed by atoms with Gasteiger partial charge in [-0.15, -0.1) is 0 Å². The van der Waals surface area contributed by atoms with Gasteiger partial charge in [0.25, 0.3) is 0 Å². The average Bonchev–Trinajstić information content (AvgIpc) is 2.34. The smallest absolute Gasteiger partial charge is 0.130 e. The Kier molecular flexibility index (Phi) is 3.84. The summed E-state index contributed by atoms with van der Waals surface area (Å²) in [5.41, 5.74) is 0.510. The molecule has 0 amide bonds. The van der Waals surface area contributed by atoms with Gasteiger partial charge in [0.1, 0.15) is 17.9 Å². The second-order valence-corrected chi connectivity index (χ2v) is 4.49. The van der Waals surface area contributed by atoms with Gasteiger partial charge >= 0.3 is 0 Å². The number of hydrogen-bond donors (Lipinski definition) is 0. The lowest BCUT2D eigenvalue weighted by molar-refractivity contribution is -0.112. The summed E-state index contributed by atoms with van der Waals surface area (Å²) in [6.45, 7) is 2.07. The lowest BCUT2D eigenvalue weighted by atomic mass is 9.98. The second-order valence-electron chi connectivity index (χ2n) is 4.49. The molecule has 17 heavy (non-hydrogen) atoms. The topological polar surface area (TPSA) is 20.3 Å². The maximum atomic E-state index is 13.4. The van der Waals surface area contributed by atoms with Crippen LogP contribution in [0, 0.1) is 17.6 Å². The third-order valence-corrected chi connectivity index (χ3v) is 3.23. The quantitative estimate of drug-likeness (QED) is 0.755. The fraction of sp³-hybridized carbons (Fsp3) is 0.462. The van der Waals surface area contributed by atoms with E-state index in [0.29, 0.717) is 12.1 Å². The first-order chi connectivity index (χ1) is 8.19. The Balaban J connectivity index is 1.95. The molecule has 1 fully saturated rings. The van der Waals surface area contributed by atoms with Crippen molar-refractivity contribution in [3.8, 4) is 0 Å². The molecule has 4 heteroatoms. The normalized spacial score (nSPS) is 18.2. The van der Waals surface area contributed by atoms with Crippen LogP contribution in [-0.2, 0) is 11.3 Å². The Morgan fingerprint density at radius 1 is 1.29 bits per heavy atom. The van der Waals surface area contributed by atoms with Crippen molar-refractivity contribution in [1.82, 2.24) is 4.90 Å². The maximum Gasteiger partial charge on any atom is 0.130 e. The number of hydrogen-bond acceptors (Lipinski definition) is 2. The molecule has 2 rings (SSSR count). The van der Waals surface area contributed by atoms with E-state index >= 15 is 0 Å². The van der Waals surface area contributed by atoms with E-state index in [-0.39, 0.29) is 5.92 Å². The molecule has 0 unspecified atom stereocenters. The van der Waals surface area contributed by atoms with Crippen LogP contribution < -0.4 is 0 Å².